The summed E-state index contributed by atoms with van der Waals surface area (Å²) >= 11 is 6.11. The molecule has 1 aliphatic heterocycles. The molecule has 3 rings (SSSR count). The number of likely N-dealkylation sites (tertiary alicyclic amines) is 1. The van der Waals surface area contributed by atoms with Crippen LogP contribution in [0.1, 0.15) is 31.0 Å². The maximum atomic E-state index is 12.3. The highest BCUT2D eigenvalue weighted by Crippen LogP contribution is 2.58. The van der Waals surface area contributed by atoms with E-state index in [9.17, 15) is 13.2 Å². The highest BCUT2D eigenvalue weighted by Gasteiger charge is 2.59. The molecule has 2 heterocycles. The van der Waals surface area contributed by atoms with Gasteiger partial charge in [-0.1, -0.05) is 30.3 Å². The average Bonchev–Trinajstić information content (AvgIpc) is 2.66. The number of ether oxygens (including phenoxy) is 1. The molecule has 1 aliphatic carbocycles. The Bertz CT molecular complexity index is 823. The largest absolute Gasteiger partial charge is 0.468 e. The van der Waals surface area contributed by atoms with Crippen molar-refractivity contribution >= 4 is 16.8 Å². The lowest BCUT2D eigenvalue weighted by atomic mass is 9.66. The number of rotatable bonds is 5. The molecule has 3 unspecified atom stereocenters. The third kappa shape index (κ3) is 3.12. The van der Waals surface area contributed by atoms with Crippen molar-refractivity contribution < 1.29 is 17.9 Å². The van der Waals surface area contributed by atoms with Crippen LogP contribution in [0.5, 0.6) is 5.88 Å². The third-order valence-electron chi connectivity index (χ3n) is 5.58. The summed E-state index contributed by atoms with van der Waals surface area (Å²) in [5.41, 5.74) is 1.68. The summed E-state index contributed by atoms with van der Waals surface area (Å²) in [6.07, 6.45) is 1.07. The van der Waals surface area contributed by atoms with Crippen molar-refractivity contribution in [2.75, 3.05) is 6.61 Å². The van der Waals surface area contributed by atoms with Gasteiger partial charge >= 0.3 is 6.18 Å². The first-order valence-corrected chi connectivity index (χ1v) is 8.94. The molecule has 0 radical (unpaired) electrons. The van der Waals surface area contributed by atoms with Crippen molar-refractivity contribution in [2.24, 2.45) is 11.3 Å². The molecule has 0 aromatic carbocycles. The lowest BCUT2D eigenvalue weighted by Crippen LogP contribution is -2.45. The van der Waals surface area contributed by atoms with Crippen LogP contribution in [0.3, 0.4) is 0 Å². The predicted molar refractivity (Wildman–Crippen MR) is 98.0 cm³/mol. The Balaban J connectivity index is 1.82. The first-order chi connectivity index (χ1) is 12.5. The number of pyridine rings is 1. The maximum Gasteiger partial charge on any atom is 0.422 e. The van der Waals surface area contributed by atoms with Crippen LogP contribution in [0.2, 0.25) is 0 Å². The second-order valence-electron chi connectivity index (χ2n) is 7.13. The van der Waals surface area contributed by atoms with Gasteiger partial charge in [-0.3, -0.25) is 5.41 Å². The van der Waals surface area contributed by atoms with Gasteiger partial charge in [0.1, 0.15) is 5.17 Å². The normalized spacial score (nSPS) is 28.0. The van der Waals surface area contributed by atoms with Crippen molar-refractivity contribution in [2.45, 2.75) is 39.0 Å². The Morgan fingerprint density at radius 2 is 2.19 bits per heavy atom. The Morgan fingerprint density at radius 3 is 2.63 bits per heavy atom. The van der Waals surface area contributed by atoms with Gasteiger partial charge in [0.2, 0.25) is 5.88 Å². The molecular formula is C19H21ClF3N3O. The van der Waals surface area contributed by atoms with E-state index in [2.05, 4.69) is 16.5 Å². The number of allylic oxidation sites excluding steroid dienone is 1. The molecule has 4 atom stereocenters. The molecule has 8 heteroatoms. The zero-order valence-corrected chi connectivity index (χ0v) is 16.0. The number of fused-ring (bicyclic) bond motifs is 1. The fraction of sp³-hybridized carbons (Fsp3) is 0.474. The summed E-state index contributed by atoms with van der Waals surface area (Å²) < 4.78 is 41.8. The van der Waals surface area contributed by atoms with Crippen LogP contribution in [0.25, 0.3) is 0 Å². The van der Waals surface area contributed by atoms with Crippen LogP contribution in [-0.4, -0.2) is 33.9 Å². The van der Waals surface area contributed by atoms with E-state index in [1.165, 1.54) is 6.20 Å². The predicted octanol–water partition coefficient (Wildman–Crippen LogP) is 5.00. The second-order valence-corrected chi connectivity index (χ2v) is 7.51. The molecule has 1 aromatic heterocycles. The van der Waals surface area contributed by atoms with Crippen molar-refractivity contribution in [1.29, 1.82) is 5.41 Å². The highest BCUT2D eigenvalue weighted by atomic mass is 35.5. The van der Waals surface area contributed by atoms with Crippen LogP contribution in [0.15, 0.2) is 36.7 Å². The van der Waals surface area contributed by atoms with Crippen molar-refractivity contribution in [1.82, 2.24) is 9.88 Å². The molecule has 0 spiro atoms. The van der Waals surface area contributed by atoms with E-state index in [1.54, 1.807) is 13.0 Å². The van der Waals surface area contributed by atoms with Crippen LogP contribution in [0, 0.1) is 23.7 Å². The Hall–Kier alpha value is -2.02. The van der Waals surface area contributed by atoms with Crippen LogP contribution < -0.4 is 4.74 Å². The Morgan fingerprint density at radius 1 is 1.52 bits per heavy atom. The minimum absolute atomic E-state index is 0.0107. The number of hydrogen-bond acceptors (Lipinski definition) is 4. The van der Waals surface area contributed by atoms with E-state index in [-0.39, 0.29) is 29.1 Å². The van der Waals surface area contributed by atoms with Crippen LogP contribution >= 0.6 is 11.6 Å². The zero-order chi connectivity index (χ0) is 20.1. The number of aromatic nitrogens is 1. The summed E-state index contributed by atoms with van der Waals surface area (Å²) in [5, 5.41) is 8.10. The third-order valence-corrected chi connectivity index (χ3v) is 5.91. The summed E-state index contributed by atoms with van der Waals surface area (Å²) in [5.74, 6) is -0.0410. The fourth-order valence-corrected chi connectivity index (χ4v) is 4.42. The Labute approximate surface area is 161 Å². The van der Waals surface area contributed by atoms with Gasteiger partial charge < -0.3 is 9.64 Å². The van der Waals surface area contributed by atoms with Gasteiger partial charge in [0.15, 0.2) is 6.61 Å². The first kappa shape index (κ1) is 19.7. The SMILES string of the molecule is C=C1C2C=C[C@]2(C(=N)Cl)C(C)N1C(C)c1cnc(OCC(F)(F)F)c(C)c1. The summed E-state index contributed by atoms with van der Waals surface area (Å²) in [4.78, 5) is 6.17. The second kappa shape index (κ2) is 6.55. The van der Waals surface area contributed by atoms with Gasteiger partial charge in [0, 0.05) is 29.4 Å². The lowest BCUT2D eigenvalue weighted by molar-refractivity contribution is -0.154. The number of nitrogens with one attached hydrogen (secondary N) is 1. The van der Waals surface area contributed by atoms with E-state index < -0.39 is 18.2 Å². The van der Waals surface area contributed by atoms with Crippen molar-refractivity contribution in [3.8, 4) is 5.88 Å². The topological polar surface area (TPSA) is 49.2 Å². The van der Waals surface area contributed by atoms with E-state index in [0.29, 0.717) is 5.56 Å². The highest BCUT2D eigenvalue weighted by molar-refractivity contribution is 6.66. The van der Waals surface area contributed by atoms with Crippen LogP contribution in [-0.2, 0) is 0 Å². The Kier molecular flexibility index (Phi) is 4.78. The van der Waals surface area contributed by atoms with Crippen LogP contribution in [0.4, 0.5) is 13.2 Å². The minimum atomic E-state index is -4.41. The number of alkyl halides is 3. The molecule has 1 aromatic rings. The molecule has 0 bridgehead atoms. The summed E-state index contributed by atoms with van der Waals surface area (Å²) in [6, 6.07) is 1.58. The molecule has 2 aliphatic rings. The van der Waals surface area contributed by atoms with E-state index >= 15 is 0 Å². The maximum absolute atomic E-state index is 12.3. The van der Waals surface area contributed by atoms with Crippen molar-refractivity contribution in [3.05, 3.63) is 47.8 Å². The molecular weight excluding hydrogens is 379 g/mol. The smallest absolute Gasteiger partial charge is 0.422 e. The molecule has 27 heavy (non-hydrogen) atoms. The van der Waals surface area contributed by atoms with Crippen molar-refractivity contribution in [3.63, 3.8) is 0 Å². The monoisotopic (exact) mass is 399 g/mol. The minimum Gasteiger partial charge on any atom is -0.468 e. The molecule has 0 amide bonds. The molecule has 0 saturated carbocycles. The van der Waals surface area contributed by atoms with Gasteiger partial charge in [-0.05, 0) is 32.4 Å². The van der Waals surface area contributed by atoms with E-state index in [4.69, 9.17) is 21.7 Å². The fourth-order valence-electron chi connectivity index (χ4n) is 4.08. The average molecular weight is 400 g/mol. The molecule has 1 fully saturated rings. The van der Waals surface area contributed by atoms with Gasteiger partial charge in [0.05, 0.1) is 11.5 Å². The van der Waals surface area contributed by atoms with Gasteiger partial charge in [0.25, 0.3) is 0 Å². The number of nitrogens with zero attached hydrogens (tertiary/aromatic N) is 2. The number of halogens is 4. The summed E-state index contributed by atoms with van der Waals surface area (Å²) in [6.45, 7) is 8.46. The first-order valence-electron chi connectivity index (χ1n) is 8.56. The zero-order valence-electron chi connectivity index (χ0n) is 15.3. The van der Waals surface area contributed by atoms with Gasteiger partial charge in [-0.2, -0.15) is 13.2 Å². The molecule has 146 valence electrons. The molecule has 1 N–H and O–H groups in total. The summed E-state index contributed by atoms with van der Waals surface area (Å²) in [7, 11) is 0. The lowest BCUT2D eigenvalue weighted by Gasteiger charge is -2.40. The quantitative estimate of drug-likeness (QED) is 0.560. The number of hydrogen-bond donors (Lipinski definition) is 1. The molecule has 1 saturated heterocycles. The number of aryl methyl sites for hydroxylation is 1. The standard InChI is InChI=1S/C19H21ClF3N3O/c1-10-7-14(8-25-16(10)27-9-19(21,22)23)11(2)26-12(3)15-5-6-18(15,13(26)4)17(20)24/h5-8,11,13,15,24H,3,9H2,1-2,4H3/t11?,13?,15?,18-/m0/s1. The van der Waals surface area contributed by atoms with E-state index in [1.807, 2.05) is 26.0 Å². The molecule has 4 nitrogen and oxygen atoms in total. The van der Waals surface area contributed by atoms with Gasteiger partial charge in [-0.25, -0.2) is 4.98 Å². The van der Waals surface area contributed by atoms with E-state index in [0.717, 1.165) is 11.3 Å². The van der Waals surface area contributed by atoms with Gasteiger partial charge in [-0.15, -0.1) is 0 Å².